The first kappa shape index (κ1) is 18.6. The number of aromatic nitrogens is 1. The van der Waals surface area contributed by atoms with E-state index in [-0.39, 0.29) is 12.5 Å². The zero-order valence-corrected chi connectivity index (χ0v) is 15.4. The van der Waals surface area contributed by atoms with E-state index in [1.165, 1.54) is 0 Å². The van der Waals surface area contributed by atoms with Crippen LogP contribution < -0.4 is 5.32 Å². The highest BCUT2D eigenvalue weighted by Gasteiger charge is 2.15. The molecule has 0 saturated carbocycles. The van der Waals surface area contributed by atoms with Crippen molar-refractivity contribution in [3.05, 3.63) is 54.1 Å². The molecule has 0 fully saturated rings. The van der Waals surface area contributed by atoms with Gasteiger partial charge in [-0.1, -0.05) is 49.3 Å². The van der Waals surface area contributed by atoms with E-state index in [1.54, 1.807) is 18.2 Å². The van der Waals surface area contributed by atoms with Gasteiger partial charge in [-0.2, -0.15) is 0 Å². The Morgan fingerprint density at radius 2 is 1.93 bits per heavy atom. The molecule has 2 aromatic carbocycles. The summed E-state index contributed by atoms with van der Waals surface area (Å²) in [6.45, 7) is 4.43. The van der Waals surface area contributed by atoms with Gasteiger partial charge in [-0.3, -0.25) is 4.79 Å². The molecular formula is C21H22N2O4. The third-order valence-corrected chi connectivity index (χ3v) is 4.13. The van der Waals surface area contributed by atoms with Gasteiger partial charge in [-0.05, 0) is 30.5 Å². The maximum Gasteiger partial charge on any atom is 0.338 e. The molecule has 1 amide bonds. The first-order chi connectivity index (χ1) is 13.0. The van der Waals surface area contributed by atoms with E-state index in [1.807, 2.05) is 30.3 Å². The molecule has 0 radical (unpaired) electrons. The average Bonchev–Trinajstić information content (AvgIpc) is 3.09. The van der Waals surface area contributed by atoms with Crippen molar-refractivity contribution in [2.45, 2.75) is 20.3 Å². The van der Waals surface area contributed by atoms with Crippen molar-refractivity contribution < 1.29 is 18.8 Å². The Morgan fingerprint density at radius 3 is 2.67 bits per heavy atom. The summed E-state index contributed by atoms with van der Waals surface area (Å²) in [6, 6.07) is 14.5. The molecule has 3 rings (SSSR count). The Morgan fingerprint density at radius 1 is 1.15 bits per heavy atom. The number of fused-ring (bicyclic) bond motifs is 1. The van der Waals surface area contributed by atoms with Crippen LogP contribution in [0.25, 0.3) is 22.2 Å². The number of esters is 1. The molecule has 6 heteroatoms. The predicted octanol–water partition coefficient (Wildman–Crippen LogP) is 3.81. The summed E-state index contributed by atoms with van der Waals surface area (Å²) in [4.78, 5) is 24.0. The van der Waals surface area contributed by atoms with E-state index < -0.39 is 5.97 Å². The topological polar surface area (TPSA) is 81.4 Å². The summed E-state index contributed by atoms with van der Waals surface area (Å²) < 4.78 is 10.5. The lowest BCUT2D eigenvalue weighted by Crippen LogP contribution is -2.30. The van der Waals surface area contributed by atoms with Crippen LogP contribution in [0.4, 0.5) is 0 Å². The molecule has 1 N–H and O–H groups in total. The van der Waals surface area contributed by atoms with Crippen molar-refractivity contribution in [3.8, 4) is 11.3 Å². The lowest BCUT2D eigenvalue weighted by Gasteiger charge is -2.08. The molecule has 0 atom stereocenters. The molecular weight excluding hydrogens is 344 g/mol. The van der Waals surface area contributed by atoms with E-state index in [0.29, 0.717) is 29.3 Å². The van der Waals surface area contributed by atoms with Crippen molar-refractivity contribution in [2.24, 2.45) is 5.92 Å². The quantitative estimate of drug-likeness (QED) is 0.643. The van der Waals surface area contributed by atoms with Gasteiger partial charge in [0, 0.05) is 12.1 Å². The molecule has 0 spiro atoms. The number of ether oxygens (including phenoxy) is 1. The summed E-state index contributed by atoms with van der Waals surface area (Å²) in [5.41, 5.74) is 1.87. The van der Waals surface area contributed by atoms with Crippen LogP contribution >= 0.6 is 0 Å². The van der Waals surface area contributed by atoms with Gasteiger partial charge in [0.2, 0.25) is 0 Å². The summed E-state index contributed by atoms with van der Waals surface area (Å²) in [6.07, 6.45) is 0.881. The second kappa shape index (κ2) is 8.49. The number of benzene rings is 2. The van der Waals surface area contributed by atoms with E-state index in [0.717, 1.165) is 17.4 Å². The van der Waals surface area contributed by atoms with Gasteiger partial charge in [0.1, 0.15) is 5.52 Å². The fourth-order valence-electron chi connectivity index (χ4n) is 2.63. The molecule has 6 nitrogen and oxygen atoms in total. The molecule has 27 heavy (non-hydrogen) atoms. The molecule has 1 aromatic heterocycles. The normalized spacial score (nSPS) is 10.9. The van der Waals surface area contributed by atoms with Crippen molar-refractivity contribution in [1.82, 2.24) is 10.5 Å². The molecule has 0 aliphatic carbocycles. The number of hydrogen-bond acceptors (Lipinski definition) is 5. The molecule has 0 unspecified atom stereocenters. The zero-order valence-electron chi connectivity index (χ0n) is 15.4. The molecule has 0 aliphatic rings. The van der Waals surface area contributed by atoms with Gasteiger partial charge in [0.05, 0.1) is 10.9 Å². The number of carbonyl (C=O) groups excluding carboxylic acids is 2. The van der Waals surface area contributed by atoms with Gasteiger partial charge < -0.3 is 14.6 Å². The number of nitrogens with one attached hydrogen (secondary N) is 1. The molecule has 1 heterocycles. The first-order valence-corrected chi connectivity index (χ1v) is 8.93. The molecule has 140 valence electrons. The number of carbonyl (C=O) groups is 2. The second-order valence-electron chi connectivity index (χ2n) is 6.72. The Kier molecular flexibility index (Phi) is 5.86. The highest BCUT2D eigenvalue weighted by molar-refractivity contribution is 5.99. The van der Waals surface area contributed by atoms with Crippen LogP contribution in [0.3, 0.4) is 0 Å². The minimum atomic E-state index is -0.559. The largest absolute Gasteiger partial charge is 0.452 e. The van der Waals surface area contributed by atoms with Crippen LogP contribution in [0, 0.1) is 5.92 Å². The Bertz CT molecular complexity index is 932. The highest BCUT2D eigenvalue weighted by Crippen LogP contribution is 2.29. The van der Waals surface area contributed by atoms with Crippen LogP contribution in [-0.4, -0.2) is 30.2 Å². The SMILES string of the molecule is CC(C)CCNC(=O)COC(=O)c1ccc2noc(-c3ccccc3)c2c1. The van der Waals surface area contributed by atoms with Crippen molar-refractivity contribution in [2.75, 3.05) is 13.2 Å². The Hall–Kier alpha value is -3.15. The third-order valence-electron chi connectivity index (χ3n) is 4.13. The monoisotopic (exact) mass is 366 g/mol. The van der Waals surface area contributed by atoms with E-state index in [2.05, 4.69) is 24.3 Å². The van der Waals surface area contributed by atoms with Gasteiger partial charge in [-0.15, -0.1) is 0 Å². The van der Waals surface area contributed by atoms with Crippen LogP contribution in [0.1, 0.15) is 30.6 Å². The number of hydrogen-bond donors (Lipinski definition) is 1. The fraction of sp³-hybridized carbons (Fsp3) is 0.286. The van der Waals surface area contributed by atoms with Crippen LogP contribution in [0.2, 0.25) is 0 Å². The Labute approximate surface area is 157 Å². The molecule has 0 saturated heterocycles. The fourth-order valence-corrected chi connectivity index (χ4v) is 2.63. The summed E-state index contributed by atoms with van der Waals surface area (Å²) in [7, 11) is 0. The molecule has 0 aliphatic heterocycles. The average molecular weight is 366 g/mol. The molecule has 0 bridgehead atoms. The van der Waals surface area contributed by atoms with E-state index >= 15 is 0 Å². The van der Waals surface area contributed by atoms with E-state index in [4.69, 9.17) is 9.26 Å². The van der Waals surface area contributed by atoms with Gasteiger partial charge in [-0.25, -0.2) is 4.79 Å². The number of nitrogens with zero attached hydrogens (tertiary/aromatic N) is 1. The van der Waals surface area contributed by atoms with Crippen LogP contribution in [-0.2, 0) is 9.53 Å². The van der Waals surface area contributed by atoms with Gasteiger partial charge in [0.25, 0.3) is 5.91 Å². The van der Waals surface area contributed by atoms with Crippen molar-refractivity contribution in [1.29, 1.82) is 0 Å². The maximum absolute atomic E-state index is 12.3. The van der Waals surface area contributed by atoms with Gasteiger partial charge in [0.15, 0.2) is 12.4 Å². The zero-order chi connectivity index (χ0) is 19.2. The highest BCUT2D eigenvalue weighted by atomic mass is 16.5. The minimum absolute atomic E-state index is 0.301. The standard InChI is InChI=1S/C21H22N2O4/c1-14(2)10-11-22-19(24)13-26-21(25)16-8-9-18-17(12-16)20(27-23-18)15-6-4-3-5-7-15/h3-9,12,14H,10-11,13H2,1-2H3,(H,22,24). The first-order valence-electron chi connectivity index (χ1n) is 8.93. The van der Waals surface area contributed by atoms with Crippen LogP contribution in [0.5, 0.6) is 0 Å². The summed E-state index contributed by atoms with van der Waals surface area (Å²) in [5.74, 6) is 0.227. The predicted molar refractivity (Wildman–Crippen MR) is 102 cm³/mol. The number of amides is 1. The van der Waals surface area contributed by atoms with Gasteiger partial charge >= 0.3 is 5.97 Å². The van der Waals surface area contributed by atoms with E-state index in [9.17, 15) is 9.59 Å². The minimum Gasteiger partial charge on any atom is -0.452 e. The third kappa shape index (κ3) is 4.73. The Balaban J connectivity index is 1.68. The smallest absolute Gasteiger partial charge is 0.338 e. The summed E-state index contributed by atoms with van der Waals surface area (Å²) >= 11 is 0. The lowest BCUT2D eigenvalue weighted by atomic mass is 10.1. The second-order valence-corrected chi connectivity index (χ2v) is 6.72. The number of rotatable bonds is 7. The lowest BCUT2D eigenvalue weighted by molar-refractivity contribution is -0.124. The maximum atomic E-state index is 12.3. The van der Waals surface area contributed by atoms with Crippen molar-refractivity contribution in [3.63, 3.8) is 0 Å². The van der Waals surface area contributed by atoms with Crippen LogP contribution in [0.15, 0.2) is 53.1 Å². The van der Waals surface area contributed by atoms with Crippen molar-refractivity contribution >= 4 is 22.8 Å². The molecule has 3 aromatic rings. The summed E-state index contributed by atoms with van der Waals surface area (Å²) in [5, 5.41) is 7.48.